The number of hydrogen-bond donors (Lipinski definition) is 1. The van der Waals surface area contributed by atoms with E-state index in [-0.39, 0.29) is 24.9 Å². The lowest BCUT2D eigenvalue weighted by atomic mass is 10.2. The zero-order valence-electron chi connectivity index (χ0n) is 17.2. The van der Waals surface area contributed by atoms with Crippen LogP contribution in [0.5, 0.6) is 5.75 Å². The van der Waals surface area contributed by atoms with Crippen LogP contribution in [0.25, 0.3) is 0 Å². The molecule has 0 spiro atoms. The maximum atomic E-state index is 14.4. The topological polar surface area (TPSA) is 67.6 Å². The molecule has 4 rings (SSSR count). The number of anilines is 2. The molecule has 0 bridgehead atoms. The number of rotatable bonds is 6. The number of ether oxygens (including phenoxy) is 1. The van der Waals surface area contributed by atoms with Gasteiger partial charge in [-0.15, -0.1) is 0 Å². The molecule has 0 radical (unpaired) electrons. The predicted molar refractivity (Wildman–Crippen MR) is 101 cm³/mol. The van der Waals surface area contributed by atoms with Gasteiger partial charge < -0.3 is 19.4 Å². The van der Waals surface area contributed by atoms with E-state index in [0.29, 0.717) is 0 Å². The van der Waals surface area contributed by atoms with Crippen molar-refractivity contribution in [2.75, 3.05) is 23.3 Å². The van der Waals surface area contributed by atoms with E-state index in [9.17, 15) is 39.9 Å². The number of alkyl halides is 7. The van der Waals surface area contributed by atoms with Crippen molar-refractivity contribution in [2.45, 2.75) is 49.8 Å². The van der Waals surface area contributed by atoms with Crippen LogP contribution in [0.3, 0.4) is 0 Å². The van der Waals surface area contributed by atoms with E-state index in [1.807, 2.05) is 0 Å². The Morgan fingerprint density at radius 3 is 2.50 bits per heavy atom. The Kier molecular flexibility index (Phi) is 5.88. The lowest BCUT2D eigenvalue weighted by Crippen LogP contribution is -2.56. The molecule has 6 nitrogen and oxygen atoms in total. The van der Waals surface area contributed by atoms with E-state index >= 15 is 0 Å². The number of nitrogens with one attached hydrogen (secondary N) is 1. The van der Waals surface area contributed by atoms with Gasteiger partial charge in [0.25, 0.3) is 23.8 Å². The molecule has 2 aromatic rings. The number of nitrogens with zero attached hydrogens (tertiary/aromatic N) is 2. The van der Waals surface area contributed by atoms with E-state index in [1.54, 1.807) is 0 Å². The first-order valence-corrected chi connectivity index (χ1v) is 10.1. The molecule has 1 N–H and O–H groups in total. The molecule has 2 heterocycles. The van der Waals surface area contributed by atoms with Gasteiger partial charge in [-0.05, 0) is 25.0 Å². The zero-order valence-corrected chi connectivity index (χ0v) is 17.2. The average Bonchev–Trinajstić information content (AvgIpc) is 3.23. The Balaban J connectivity index is 1.50. The van der Waals surface area contributed by atoms with Crippen LogP contribution in [0.15, 0.2) is 22.6 Å². The Hall–Kier alpha value is -3.06. The van der Waals surface area contributed by atoms with Crippen LogP contribution in [0, 0.1) is 5.82 Å². The molecule has 1 unspecified atom stereocenters. The fraction of sp³-hybridized carbons (Fsp3) is 0.500. The lowest BCUT2D eigenvalue weighted by Gasteiger charge is -2.37. The number of oxazole rings is 1. The van der Waals surface area contributed by atoms with E-state index in [2.05, 4.69) is 10.3 Å². The Morgan fingerprint density at radius 1 is 1.24 bits per heavy atom. The second kappa shape index (κ2) is 8.31. The molecular formula is C20H17F8N3O3. The van der Waals surface area contributed by atoms with Gasteiger partial charge >= 0.3 is 6.18 Å². The monoisotopic (exact) mass is 499 g/mol. The number of benzene rings is 1. The highest BCUT2D eigenvalue weighted by Crippen LogP contribution is 2.39. The van der Waals surface area contributed by atoms with E-state index in [4.69, 9.17) is 9.15 Å². The van der Waals surface area contributed by atoms with Gasteiger partial charge in [-0.3, -0.25) is 4.79 Å². The summed E-state index contributed by atoms with van der Waals surface area (Å²) in [5, 5.41) is 2.13. The molecule has 1 aliphatic heterocycles. The van der Waals surface area contributed by atoms with Crippen molar-refractivity contribution in [1.82, 2.24) is 4.98 Å². The molecule has 1 amide bonds. The molecule has 1 aromatic heterocycles. The molecule has 34 heavy (non-hydrogen) atoms. The summed E-state index contributed by atoms with van der Waals surface area (Å²) in [6.45, 7) is -1.68. The fourth-order valence-electron chi connectivity index (χ4n) is 3.66. The first kappa shape index (κ1) is 24.1. The first-order valence-electron chi connectivity index (χ1n) is 10.1. The number of carbonyl (C=O) groups is 1. The molecule has 1 saturated carbocycles. The van der Waals surface area contributed by atoms with Crippen LogP contribution in [0.2, 0.25) is 0 Å². The van der Waals surface area contributed by atoms with E-state index in [0.717, 1.165) is 23.1 Å². The van der Waals surface area contributed by atoms with Crippen molar-refractivity contribution < 1.29 is 49.1 Å². The second-order valence-corrected chi connectivity index (χ2v) is 8.13. The lowest BCUT2D eigenvalue weighted by molar-refractivity contribution is -0.130. The van der Waals surface area contributed by atoms with Crippen LogP contribution in [-0.2, 0) is 6.42 Å². The Labute approximate surface area is 186 Å². The molecule has 2 aliphatic rings. The fourth-order valence-corrected chi connectivity index (χ4v) is 3.66. The number of carbonyl (C=O) groups excluding carboxylic acids is 1. The largest absolute Gasteiger partial charge is 0.481 e. The summed E-state index contributed by atoms with van der Waals surface area (Å²) in [5.41, 5.74) is -1.04. The van der Waals surface area contributed by atoms with Gasteiger partial charge in [-0.2, -0.15) is 18.2 Å². The standard InChI is InChI=1S/C20H17F8N3O3/c21-11-6-10(3-4-12(11)33-14-2-1-5-19(14,24)25)29-16(32)15-13(7-20(26,27)28)34-17(30-15)31-8-18(22,23)9-31/h3-4,6,14H,1-2,5,7-9H2,(H,29,32). The Bertz CT molecular complexity index is 1080. The van der Waals surface area contributed by atoms with Crippen molar-refractivity contribution in [2.24, 2.45) is 0 Å². The molecule has 14 heteroatoms. The van der Waals surface area contributed by atoms with Gasteiger partial charge in [0.05, 0.1) is 13.1 Å². The number of aromatic nitrogens is 1. The predicted octanol–water partition coefficient (Wildman–Crippen LogP) is 5.19. The van der Waals surface area contributed by atoms with Crippen molar-refractivity contribution in [3.8, 4) is 5.75 Å². The van der Waals surface area contributed by atoms with Crippen LogP contribution in [0.1, 0.15) is 35.5 Å². The zero-order chi connectivity index (χ0) is 24.9. The summed E-state index contributed by atoms with van der Waals surface area (Å²) < 4.78 is 117. The second-order valence-electron chi connectivity index (χ2n) is 8.13. The summed E-state index contributed by atoms with van der Waals surface area (Å²) in [6, 6.07) is 2.25. The first-order chi connectivity index (χ1) is 15.7. The van der Waals surface area contributed by atoms with Crippen molar-refractivity contribution in [1.29, 1.82) is 0 Å². The molecular weight excluding hydrogens is 482 g/mol. The van der Waals surface area contributed by atoms with Gasteiger partial charge in [-0.1, -0.05) is 0 Å². The number of halogens is 8. The van der Waals surface area contributed by atoms with Crippen molar-refractivity contribution >= 4 is 17.6 Å². The quantitative estimate of drug-likeness (QED) is 0.554. The highest BCUT2D eigenvalue weighted by molar-refractivity contribution is 6.03. The van der Waals surface area contributed by atoms with Gasteiger partial charge in [0.1, 0.15) is 12.2 Å². The minimum Gasteiger partial charge on any atom is -0.481 e. The summed E-state index contributed by atoms with van der Waals surface area (Å²) in [5.74, 6) is -9.86. The van der Waals surface area contributed by atoms with E-state index < -0.39 is 78.6 Å². The third-order valence-electron chi connectivity index (χ3n) is 5.28. The molecule has 1 aliphatic carbocycles. The highest BCUT2D eigenvalue weighted by Gasteiger charge is 2.47. The SMILES string of the molecule is O=C(Nc1ccc(OC2CCCC2(F)F)c(F)c1)c1nc(N2CC(F)(F)C2)oc1CC(F)(F)F. The summed E-state index contributed by atoms with van der Waals surface area (Å²) in [4.78, 5) is 17.0. The minimum absolute atomic E-state index is 0.0321. The normalized spacial score (nSPS) is 21.3. The number of amides is 1. The summed E-state index contributed by atoms with van der Waals surface area (Å²) in [7, 11) is 0. The van der Waals surface area contributed by atoms with Crippen LogP contribution < -0.4 is 15.0 Å². The Morgan fingerprint density at radius 2 is 1.94 bits per heavy atom. The summed E-state index contributed by atoms with van der Waals surface area (Å²) in [6.07, 6.45) is -8.13. The molecule has 1 saturated heterocycles. The van der Waals surface area contributed by atoms with Crippen LogP contribution in [0.4, 0.5) is 46.8 Å². The van der Waals surface area contributed by atoms with E-state index in [1.165, 1.54) is 0 Å². The van der Waals surface area contributed by atoms with Gasteiger partial charge in [-0.25, -0.2) is 22.0 Å². The number of hydrogen-bond acceptors (Lipinski definition) is 5. The van der Waals surface area contributed by atoms with Crippen molar-refractivity contribution in [3.63, 3.8) is 0 Å². The maximum absolute atomic E-state index is 14.4. The third-order valence-corrected chi connectivity index (χ3v) is 5.28. The maximum Gasteiger partial charge on any atom is 0.396 e. The van der Waals surface area contributed by atoms with Crippen LogP contribution in [-0.4, -0.2) is 48.1 Å². The van der Waals surface area contributed by atoms with Gasteiger partial charge in [0.2, 0.25) is 0 Å². The smallest absolute Gasteiger partial charge is 0.396 e. The van der Waals surface area contributed by atoms with Crippen LogP contribution >= 0.6 is 0 Å². The average molecular weight is 499 g/mol. The van der Waals surface area contributed by atoms with Gasteiger partial charge in [0.15, 0.2) is 23.4 Å². The third kappa shape index (κ3) is 5.20. The molecule has 1 aromatic carbocycles. The molecule has 2 fully saturated rings. The summed E-state index contributed by atoms with van der Waals surface area (Å²) >= 11 is 0. The minimum atomic E-state index is -4.79. The molecule has 1 atom stereocenters. The molecule has 186 valence electrons. The van der Waals surface area contributed by atoms with Gasteiger partial charge in [0, 0.05) is 18.2 Å². The highest BCUT2D eigenvalue weighted by atomic mass is 19.4. The van der Waals surface area contributed by atoms with Crippen molar-refractivity contribution in [3.05, 3.63) is 35.5 Å².